The summed E-state index contributed by atoms with van der Waals surface area (Å²) in [5, 5.41) is 2.73. The Labute approximate surface area is 172 Å². The van der Waals surface area contributed by atoms with Crippen LogP contribution in [-0.2, 0) is 28.9 Å². The maximum absolute atomic E-state index is 13.0. The summed E-state index contributed by atoms with van der Waals surface area (Å²) in [5.74, 6) is 0.0845. The van der Waals surface area contributed by atoms with Gasteiger partial charge in [0, 0.05) is 38.6 Å². The molecule has 0 bridgehead atoms. The number of carbonyl (C=O) groups excluding carboxylic acids is 2. The number of amides is 2. The van der Waals surface area contributed by atoms with E-state index < -0.39 is 17.8 Å². The summed E-state index contributed by atoms with van der Waals surface area (Å²) in [7, 11) is 1.62. The van der Waals surface area contributed by atoms with E-state index in [2.05, 4.69) is 15.3 Å². The van der Waals surface area contributed by atoms with Gasteiger partial charge in [-0.05, 0) is 18.6 Å². The lowest BCUT2D eigenvalue weighted by molar-refractivity contribution is -0.138. The van der Waals surface area contributed by atoms with Crippen LogP contribution in [0.25, 0.3) is 0 Å². The number of halogens is 3. The van der Waals surface area contributed by atoms with E-state index in [1.165, 1.54) is 11.0 Å². The van der Waals surface area contributed by atoms with Crippen LogP contribution < -0.4 is 5.32 Å². The molecule has 2 amide bonds. The van der Waals surface area contributed by atoms with Crippen molar-refractivity contribution in [3.63, 3.8) is 0 Å². The molecule has 1 aliphatic heterocycles. The summed E-state index contributed by atoms with van der Waals surface area (Å²) in [6.45, 7) is 3.10. The zero-order chi connectivity index (χ0) is 21.9. The summed E-state index contributed by atoms with van der Waals surface area (Å²) >= 11 is 0. The van der Waals surface area contributed by atoms with Gasteiger partial charge in [0.25, 0.3) is 0 Å². The van der Waals surface area contributed by atoms with Crippen molar-refractivity contribution >= 4 is 11.8 Å². The second-order valence-electron chi connectivity index (χ2n) is 7.44. The number of carbonyl (C=O) groups is 2. The molecule has 1 fully saturated rings. The van der Waals surface area contributed by atoms with Crippen molar-refractivity contribution in [1.29, 1.82) is 0 Å². The van der Waals surface area contributed by atoms with Crippen molar-refractivity contribution < 1.29 is 22.8 Å². The molecule has 0 radical (unpaired) electrons. The number of imidazole rings is 1. The van der Waals surface area contributed by atoms with Gasteiger partial charge in [0.2, 0.25) is 11.8 Å². The predicted octanol–water partition coefficient (Wildman–Crippen LogP) is 2.09. The van der Waals surface area contributed by atoms with Gasteiger partial charge in [0.05, 0.1) is 24.6 Å². The summed E-state index contributed by atoms with van der Waals surface area (Å²) < 4.78 is 39.0. The summed E-state index contributed by atoms with van der Waals surface area (Å²) in [4.78, 5) is 35.5. The third-order valence-electron chi connectivity index (χ3n) is 5.02. The topological polar surface area (TPSA) is 81.3 Å². The van der Waals surface area contributed by atoms with E-state index in [-0.39, 0.29) is 31.3 Å². The Bertz CT molecular complexity index is 912. The van der Waals surface area contributed by atoms with Gasteiger partial charge in [-0.1, -0.05) is 18.2 Å². The average molecular weight is 423 g/mol. The summed E-state index contributed by atoms with van der Waals surface area (Å²) in [6.07, 6.45) is -2.84. The number of nitrogens with zero attached hydrogens (tertiary/aromatic N) is 3. The second kappa shape index (κ2) is 8.86. The third kappa shape index (κ3) is 5.38. The number of rotatable bonds is 6. The Kier molecular flexibility index (Phi) is 6.45. The van der Waals surface area contributed by atoms with Gasteiger partial charge in [-0.3, -0.25) is 14.5 Å². The molecule has 0 unspecified atom stereocenters. The highest BCUT2D eigenvalue weighted by atomic mass is 19.4. The predicted molar refractivity (Wildman–Crippen MR) is 103 cm³/mol. The molecule has 0 spiro atoms. The number of nitrogens with one attached hydrogen (secondary N) is 2. The van der Waals surface area contributed by atoms with Crippen molar-refractivity contribution in [2.45, 2.75) is 38.7 Å². The Hall–Kier alpha value is -2.88. The van der Waals surface area contributed by atoms with Crippen LogP contribution in [0.2, 0.25) is 0 Å². The Morgan fingerprint density at radius 1 is 1.37 bits per heavy atom. The number of aryl methyl sites for hydroxylation is 1. The fourth-order valence-corrected chi connectivity index (χ4v) is 3.44. The SMILES string of the molecule is Cc1cnc(CN(C)C(=O)C[C@H]2C(=O)NCCN2Cc2cccc(C(F)(F)F)c2)[nH]1. The zero-order valence-corrected chi connectivity index (χ0v) is 16.8. The molecule has 162 valence electrons. The fraction of sp³-hybridized carbons (Fsp3) is 0.450. The molecule has 1 aliphatic rings. The van der Waals surface area contributed by atoms with Crippen LogP contribution in [0.1, 0.15) is 29.1 Å². The molecule has 0 saturated carbocycles. The highest BCUT2D eigenvalue weighted by Gasteiger charge is 2.34. The molecular formula is C20H24F3N5O2. The average Bonchev–Trinajstić information content (AvgIpc) is 3.08. The number of hydrogen-bond acceptors (Lipinski definition) is 4. The minimum atomic E-state index is -4.43. The fourth-order valence-electron chi connectivity index (χ4n) is 3.44. The van der Waals surface area contributed by atoms with Crippen LogP contribution in [-0.4, -0.2) is 57.8 Å². The van der Waals surface area contributed by atoms with E-state index in [4.69, 9.17) is 0 Å². The van der Waals surface area contributed by atoms with Gasteiger partial charge in [-0.2, -0.15) is 13.2 Å². The van der Waals surface area contributed by atoms with E-state index in [1.54, 1.807) is 24.2 Å². The van der Waals surface area contributed by atoms with Crippen LogP contribution in [0.15, 0.2) is 30.5 Å². The van der Waals surface area contributed by atoms with Gasteiger partial charge >= 0.3 is 6.18 Å². The number of benzene rings is 1. The number of hydrogen-bond donors (Lipinski definition) is 2. The van der Waals surface area contributed by atoms with Crippen LogP contribution in [0, 0.1) is 6.92 Å². The molecule has 1 atom stereocenters. The van der Waals surface area contributed by atoms with E-state index in [1.807, 2.05) is 6.92 Å². The molecule has 3 rings (SSSR count). The van der Waals surface area contributed by atoms with Crippen LogP contribution in [0.3, 0.4) is 0 Å². The first-order chi connectivity index (χ1) is 14.1. The molecule has 1 aromatic heterocycles. The third-order valence-corrected chi connectivity index (χ3v) is 5.02. The van der Waals surface area contributed by atoms with E-state index >= 15 is 0 Å². The Morgan fingerprint density at radius 2 is 2.13 bits per heavy atom. The molecule has 7 nitrogen and oxygen atoms in total. The first-order valence-electron chi connectivity index (χ1n) is 9.56. The van der Waals surface area contributed by atoms with Crippen LogP contribution in [0.4, 0.5) is 13.2 Å². The lowest BCUT2D eigenvalue weighted by atomic mass is 10.0. The van der Waals surface area contributed by atoms with Crippen LogP contribution >= 0.6 is 0 Å². The maximum atomic E-state index is 13.0. The number of alkyl halides is 3. The summed E-state index contributed by atoms with van der Waals surface area (Å²) in [5.41, 5.74) is 0.587. The minimum absolute atomic E-state index is 0.0685. The van der Waals surface area contributed by atoms with E-state index in [0.29, 0.717) is 24.5 Å². The standard InChI is InChI=1S/C20H24F3N5O2/c1-13-10-25-17(26-13)12-27(2)18(29)9-16-19(30)24-6-7-28(16)11-14-4-3-5-15(8-14)20(21,22)23/h3-5,8,10,16H,6-7,9,11-12H2,1-2H3,(H,24,30)(H,25,26)/t16-/m0/s1. The number of H-pyrrole nitrogens is 1. The monoisotopic (exact) mass is 423 g/mol. The van der Waals surface area contributed by atoms with Gasteiger partial charge in [-0.15, -0.1) is 0 Å². The van der Waals surface area contributed by atoms with E-state index in [9.17, 15) is 22.8 Å². The van der Waals surface area contributed by atoms with Gasteiger partial charge in [-0.25, -0.2) is 4.98 Å². The molecule has 2 N–H and O–H groups in total. The number of aromatic nitrogens is 2. The lowest BCUT2D eigenvalue weighted by Gasteiger charge is -2.35. The van der Waals surface area contributed by atoms with Crippen molar-refractivity contribution in [3.8, 4) is 0 Å². The van der Waals surface area contributed by atoms with Crippen molar-refractivity contribution in [2.24, 2.45) is 0 Å². The highest BCUT2D eigenvalue weighted by molar-refractivity contribution is 5.88. The zero-order valence-electron chi connectivity index (χ0n) is 16.8. The van der Waals surface area contributed by atoms with Crippen molar-refractivity contribution in [2.75, 3.05) is 20.1 Å². The molecule has 1 aromatic carbocycles. The molecule has 0 aliphatic carbocycles. The largest absolute Gasteiger partial charge is 0.416 e. The van der Waals surface area contributed by atoms with Crippen molar-refractivity contribution in [1.82, 2.24) is 25.1 Å². The lowest BCUT2D eigenvalue weighted by Crippen LogP contribution is -2.56. The number of aromatic amines is 1. The second-order valence-corrected chi connectivity index (χ2v) is 7.44. The Balaban J connectivity index is 1.68. The van der Waals surface area contributed by atoms with E-state index in [0.717, 1.165) is 17.8 Å². The highest BCUT2D eigenvalue weighted by Crippen LogP contribution is 2.30. The molecular weight excluding hydrogens is 399 g/mol. The first-order valence-corrected chi connectivity index (χ1v) is 9.56. The normalized spacial score (nSPS) is 17.6. The Morgan fingerprint density at radius 3 is 2.80 bits per heavy atom. The minimum Gasteiger partial charge on any atom is -0.353 e. The molecule has 30 heavy (non-hydrogen) atoms. The van der Waals surface area contributed by atoms with Crippen molar-refractivity contribution in [3.05, 3.63) is 53.1 Å². The molecule has 1 saturated heterocycles. The maximum Gasteiger partial charge on any atom is 0.416 e. The quantitative estimate of drug-likeness (QED) is 0.746. The van der Waals surface area contributed by atoms with Gasteiger partial charge < -0.3 is 15.2 Å². The molecule has 10 heteroatoms. The smallest absolute Gasteiger partial charge is 0.353 e. The molecule has 2 aromatic rings. The number of piperazine rings is 1. The molecule has 2 heterocycles. The van der Waals surface area contributed by atoms with Crippen LogP contribution in [0.5, 0.6) is 0 Å². The van der Waals surface area contributed by atoms with Gasteiger partial charge in [0.1, 0.15) is 5.82 Å². The first kappa shape index (κ1) is 21.8. The van der Waals surface area contributed by atoms with Gasteiger partial charge in [0.15, 0.2) is 0 Å². The summed E-state index contributed by atoms with van der Waals surface area (Å²) in [6, 6.07) is 4.28.